The van der Waals surface area contributed by atoms with Crippen molar-refractivity contribution < 1.29 is 13.2 Å². The summed E-state index contributed by atoms with van der Waals surface area (Å²) in [6.45, 7) is 6.11. The van der Waals surface area contributed by atoms with Gasteiger partial charge in [0, 0.05) is 37.6 Å². The number of rotatable bonds is 8. The monoisotopic (exact) mass is 598 g/mol. The molecule has 1 aliphatic rings. The van der Waals surface area contributed by atoms with Crippen LogP contribution >= 0.6 is 11.6 Å². The first-order valence-corrected chi connectivity index (χ1v) is 15.1. The minimum Gasteiger partial charge on any atom is -0.479 e. The van der Waals surface area contributed by atoms with E-state index in [1.807, 2.05) is 12.1 Å². The van der Waals surface area contributed by atoms with E-state index in [4.69, 9.17) is 21.3 Å². The van der Waals surface area contributed by atoms with Crippen LogP contribution in [0.1, 0.15) is 13.8 Å². The van der Waals surface area contributed by atoms with E-state index in [2.05, 4.69) is 66.0 Å². The van der Waals surface area contributed by atoms with E-state index in [1.165, 1.54) is 18.6 Å². The zero-order valence-electron chi connectivity index (χ0n) is 23.3. The Hall–Kier alpha value is -4.01. The molecule has 15 heteroatoms. The molecule has 1 fully saturated rings. The van der Waals surface area contributed by atoms with Crippen LogP contribution in [0.3, 0.4) is 0 Å². The van der Waals surface area contributed by atoms with Gasteiger partial charge in [0.2, 0.25) is 21.9 Å². The average molecular weight is 599 g/mol. The molecule has 5 rings (SSSR count). The van der Waals surface area contributed by atoms with E-state index in [1.54, 1.807) is 19.2 Å². The Morgan fingerprint density at radius 1 is 0.976 bits per heavy atom. The van der Waals surface area contributed by atoms with Gasteiger partial charge in [0.25, 0.3) is 0 Å². The molecule has 0 aliphatic carbocycles. The molecule has 3 N–H and O–H groups in total. The molecule has 4 heterocycles. The van der Waals surface area contributed by atoms with Crippen LogP contribution in [-0.2, 0) is 10.0 Å². The van der Waals surface area contributed by atoms with Crippen LogP contribution < -0.4 is 25.0 Å². The summed E-state index contributed by atoms with van der Waals surface area (Å²) in [6, 6.07) is 7.97. The van der Waals surface area contributed by atoms with E-state index in [-0.39, 0.29) is 22.5 Å². The second-order valence-corrected chi connectivity index (χ2v) is 12.1. The Morgan fingerprint density at radius 2 is 1.68 bits per heavy atom. The molecular formula is C26H31ClN10O3S. The second-order valence-electron chi connectivity index (χ2n) is 9.92. The molecule has 2 atom stereocenters. The van der Waals surface area contributed by atoms with Gasteiger partial charge in [-0.1, -0.05) is 11.6 Å². The highest BCUT2D eigenvalue weighted by molar-refractivity contribution is 7.92. The van der Waals surface area contributed by atoms with Crippen LogP contribution in [0.15, 0.2) is 42.9 Å². The number of likely N-dealkylation sites (N-methyl/N-ethyl adjacent to an activating group) is 1. The number of hydrogen-bond acceptors (Lipinski definition) is 12. The van der Waals surface area contributed by atoms with E-state index >= 15 is 0 Å². The molecule has 41 heavy (non-hydrogen) atoms. The molecule has 0 bridgehead atoms. The third-order valence-corrected chi connectivity index (χ3v) is 7.75. The average Bonchev–Trinajstić information content (AvgIpc) is 2.94. The predicted molar refractivity (Wildman–Crippen MR) is 161 cm³/mol. The number of pyridine rings is 1. The Kier molecular flexibility index (Phi) is 7.98. The van der Waals surface area contributed by atoms with Gasteiger partial charge in [-0.15, -0.1) is 0 Å². The van der Waals surface area contributed by atoms with Crippen molar-refractivity contribution in [1.29, 1.82) is 0 Å². The van der Waals surface area contributed by atoms with Crippen molar-refractivity contribution in [3.63, 3.8) is 0 Å². The van der Waals surface area contributed by atoms with E-state index in [9.17, 15) is 8.42 Å². The van der Waals surface area contributed by atoms with Crippen molar-refractivity contribution >= 4 is 67.3 Å². The molecule has 1 aromatic carbocycles. The second kappa shape index (κ2) is 11.5. The fraction of sp³-hybridized carbons (Fsp3) is 0.346. The molecule has 4 aromatic rings. The molecular weight excluding hydrogens is 568 g/mol. The number of anilines is 6. The van der Waals surface area contributed by atoms with Crippen molar-refractivity contribution in [2.75, 3.05) is 53.8 Å². The molecule has 0 spiro atoms. The topological polar surface area (TPSA) is 150 Å². The summed E-state index contributed by atoms with van der Waals surface area (Å²) in [4.78, 5) is 26.7. The van der Waals surface area contributed by atoms with Crippen LogP contribution in [-0.4, -0.2) is 83.8 Å². The van der Waals surface area contributed by atoms with Crippen molar-refractivity contribution in [3.8, 4) is 5.88 Å². The van der Waals surface area contributed by atoms with Gasteiger partial charge in [0.15, 0.2) is 5.82 Å². The summed E-state index contributed by atoms with van der Waals surface area (Å²) < 4.78 is 32.4. The normalized spacial score (nSPS) is 17.9. The lowest BCUT2D eigenvalue weighted by molar-refractivity contribution is 0.169. The fourth-order valence-corrected chi connectivity index (χ4v) is 5.36. The number of hydrogen-bond donors (Lipinski definition) is 3. The zero-order valence-corrected chi connectivity index (χ0v) is 24.8. The summed E-state index contributed by atoms with van der Waals surface area (Å²) >= 11 is 6.42. The van der Waals surface area contributed by atoms with Crippen LogP contribution in [0.25, 0.3) is 11.0 Å². The lowest BCUT2D eigenvalue weighted by atomic mass is 10.1. The SMILES string of the molecule is COc1nc(N2C[C@@H](C)N(C)[C@@H](C)C2)ccc1Nc1ncc(Cl)c(Nc2ccc3nccnc3c2NS(C)(=O)=O)n1. The third-order valence-electron chi connectivity index (χ3n) is 6.89. The van der Waals surface area contributed by atoms with Crippen molar-refractivity contribution in [2.45, 2.75) is 25.9 Å². The number of sulfonamides is 1. The van der Waals surface area contributed by atoms with Gasteiger partial charge in [-0.2, -0.15) is 9.97 Å². The number of benzene rings is 1. The number of aromatic nitrogens is 5. The highest BCUT2D eigenvalue weighted by atomic mass is 35.5. The van der Waals surface area contributed by atoms with Crippen LogP contribution in [0.2, 0.25) is 5.02 Å². The van der Waals surface area contributed by atoms with Crippen LogP contribution in [0.5, 0.6) is 5.88 Å². The molecule has 0 radical (unpaired) electrons. The van der Waals surface area contributed by atoms with E-state index in [0.29, 0.717) is 40.4 Å². The number of fused-ring (bicyclic) bond motifs is 1. The maximum absolute atomic E-state index is 12.1. The maximum Gasteiger partial charge on any atom is 0.239 e. The molecule has 1 saturated heterocycles. The van der Waals surface area contributed by atoms with Gasteiger partial charge in [-0.05, 0) is 45.2 Å². The number of piperazine rings is 1. The minimum atomic E-state index is -3.63. The number of methoxy groups -OCH3 is 1. The molecule has 1 aliphatic heterocycles. The summed E-state index contributed by atoms with van der Waals surface area (Å²) in [6.07, 6.45) is 5.51. The van der Waals surface area contributed by atoms with Gasteiger partial charge in [-0.3, -0.25) is 19.6 Å². The smallest absolute Gasteiger partial charge is 0.239 e. The Balaban J connectivity index is 1.42. The van der Waals surface area contributed by atoms with E-state index < -0.39 is 10.0 Å². The van der Waals surface area contributed by atoms with Crippen LogP contribution in [0, 0.1) is 0 Å². The molecule has 0 amide bonds. The summed E-state index contributed by atoms with van der Waals surface area (Å²) in [7, 11) is 0.0622. The van der Waals surface area contributed by atoms with Crippen molar-refractivity contribution in [3.05, 3.63) is 47.9 Å². The highest BCUT2D eigenvalue weighted by Crippen LogP contribution is 2.35. The third kappa shape index (κ3) is 6.34. The lowest BCUT2D eigenvalue weighted by Gasteiger charge is -2.43. The van der Waals surface area contributed by atoms with Crippen LogP contribution in [0.4, 0.5) is 34.6 Å². The number of nitrogens with one attached hydrogen (secondary N) is 3. The van der Waals surface area contributed by atoms with Crippen molar-refractivity contribution in [1.82, 2.24) is 29.8 Å². The standard InChI is InChI=1S/C26H31ClN10O3S/c1-15-13-37(14-16(2)36(15)3)21-9-8-20(25(33-21)40-4)32-26-30-12-17(27)24(34-26)31-19-7-6-18-22(29-11-10-28-18)23(19)35-41(5,38)39/h6-12,15-16,35H,13-14H2,1-5H3,(H2,30,31,32,34)/t15-,16+. The van der Waals surface area contributed by atoms with Gasteiger partial charge in [-0.25, -0.2) is 13.4 Å². The molecule has 0 unspecified atom stereocenters. The van der Waals surface area contributed by atoms with Gasteiger partial charge >= 0.3 is 0 Å². The van der Waals surface area contributed by atoms with Gasteiger partial charge in [0.05, 0.1) is 36.5 Å². The predicted octanol–water partition coefficient (Wildman–Crippen LogP) is 3.86. The first-order valence-electron chi connectivity index (χ1n) is 12.8. The molecule has 13 nitrogen and oxygen atoms in total. The first kappa shape index (κ1) is 28.5. The lowest BCUT2D eigenvalue weighted by Crippen LogP contribution is -2.55. The number of nitrogens with zero attached hydrogens (tertiary/aromatic N) is 7. The zero-order chi connectivity index (χ0) is 29.3. The number of ether oxygens (including phenoxy) is 1. The Labute approximate surface area is 243 Å². The summed E-state index contributed by atoms with van der Waals surface area (Å²) in [5.74, 6) is 1.68. The maximum atomic E-state index is 12.1. The fourth-order valence-electron chi connectivity index (χ4n) is 4.64. The Morgan fingerprint density at radius 3 is 2.39 bits per heavy atom. The molecule has 3 aromatic heterocycles. The minimum absolute atomic E-state index is 0.219. The largest absolute Gasteiger partial charge is 0.479 e. The van der Waals surface area contributed by atoms with Gasteiger partial charge in [0.1, 0.15) is 22.0 Å². The summed E-state index contributed by atoms with van der Waals surface area (Å²) in [5, 5.41) is 6.47. The van der Waals surface area contributed by atoms with Gasteiger partial charge < -0.3 is 20.3 Å². The Bertz CT molecular complexity index is 1680. The van der Waals surface area contributed by atoms with Crippen molar-refractivity contribution in [2.24, 2.45) is 0 Å². The first-order chi connectivity index (χ1) is 19.5. The van der Waals surface area contributed by atoms with E-state index in [0.717, 1.165) is 25.2 Å². The summed E-state index contributed by atoms with van der Waals surface area (Å²) in [5.41, 5.74) is 2.06. The highest BCUT2D eigenvalue weighted by Gasteiger charge is 2.27. The number of halogens is 1. The quantitative estimate of drug-likeness (QED) is 0.270. The molecule has 216 valence electrons. The molecule has 0 saturated carbocycles.